The molecule has 1 saturated carbocycles. The van der Waals surface area contributed by atoms with Gasteiger partial charge >= 0.3 is 0 Å². The van der Waals surface area contributed by atoms with Gasteiger partial charge in [0.15, 0.2) is 0 Å². The lowest BCUT2D eigenvalue weighted by Crippen LogP contribution is -2.41. The highest BCUT2D eigenvalue weighted by Crippen LogP contribution is 2.33. The zero-order valence-corrected chi connectivity index (χ0v) is 16.5. The maximum absolute atomic E-state index is 2.68. The van der Waals surface area contributed by atoms with Crippen molar-refractivity contribution in [3.05, 3.63) is 65.7 Å². The summed E-state index contributed by atoms with van der Waals surface area (Å²) in [6, 6.07) is 20.6. The minimum absolute atomic E-state index is 0.644. The summed E-state index contributed by atoms with van der Waals surface area (Å²) in [6.07, 6.45) is 6.68. The minimum Gasteiger partial charge on any atom is -0.368 e. The zero-order chi connectivity index (χ0) is 18.1. The molecular weight excluding hydrogens is 302 g/mol. The highest BCUT2D eigenvalue weighted by molar-refractivity contribution is 5.50. The molecule has 0 unspecified atom stereocenters. The molecule has 0 heterocycles. The molecule has 0 bridgehead atoms. The van der Waals surface area contributed by atoms with E-state index in [4.69, 9.17) is 0 Å². The molecule has 2 aromatic carbocycles. The molecule has 0 spiro atoms. The summed E-state index contributed by atoms with van der Waals surface area (Å²) >= 11 is 0. The number of para-hydroxylation sites is 1. The Morgan fingerprint density at radius 3 is 1.76 bits per heavy atom. The van der Waals surface area contributed by atoms with Gasteiger partial charge in [-0.3, -0.25) is 0 Å². The van der Waals surface area contributed by atoms with Crippen LogP contribution in [0.15, 0.2) is 54.6 Å². The van der Waals surface area contributed by atoms with E-state index in [0.29, 0.717) is 6.04 Å². The van der Waals surface area contributed by atoms with Crippen molar-refractivity contribution in [3.63, 3.8) is 0 Å². The van der Waals surface area contributed by atoms with E-state index in [0.717, 1.165) is 5.92 Å². The topological polar surface area (TPSA) is 3.24 Å². The highest BCUT2D eigenvalue weighted by atomic mass is 15.2. The van der Waals surface area contributed by atoms with Crippen LogP contribution >= 0.6 is 0 Å². The molecule has 2 aliphatic rings. The van der Waals surface area contributed by atoms with E-state index < -0.39 is 0 Å². The van der Waals surface area contributed by atoms with Gasteiger partial charge in [0.2, 0.25) is 0 Å². The van der Waals surface area contributed by atoms with E-state index >= 15 is 0 Å². The third kappa shape index (κ3) is 4.87. The van der Waals surface area contributed by atoms with Crippen molar-refractivity contribution in [2.45, 2.75) is 65.8 Å². The third-order valence-electron chi connectivity index (χ3n) is 5.24. The normalized spacial score (nSPS) is 15.8. The second-order valence-electron chi connectivity index (χ2n) is 6.62. The standard InChI is InChI=1S/C20H23N.2C2H6/c1-2-11-19(12-3-1)21(15-16-7-6-8-16)20-13-17-9-4-5-10-18(17)14-20;2*1-2/h1-5,9-12,16,20H,6-8,13-15H2;2*1-2H3. The number of hydrogen-bond acceptors (Lipinski definition) is 1. The molecule has 0 radical (unpaired) electrons. The average molecular weight is 338 g/mol. The van der Waals surface area contributed by atoms with Crippen molar-refractivity contribution in [2.75, 3.05) is 11.4 Å². The fourth-order valence-corrected chi connectivity index (χ4v) is 3.79. The largest absolute Gasteiger partial charge is 0.368 e. The van der Waals surface area contributed by atoms with Gasteiger partial charge in [-0.2, -0.15) is 0 Å². The summed E-state index contributed by atoms with van der Waals surface area (Å²) in [6.45, 7) is 9.24. The first-order chi connectivity index (χ1) is 12.4. The molecule has 1 nitrogen and oxygen atoms in total. The van der Waals surface area contributed by atoms with Crippen molar-refractivity contribution in [2.24, 2.45) is 5.92 Å². The maximum Gasteiger partial charge on any atom is 0.0370 e. The van der Waals surface area contributed by atoms with Crippen LogP contribution in [-0.4, -0.2) is 12.6 Å². The lowest BCUT2D eigenvalue weighted by Gasteiger charge is -2.37. The SMILES string of the molecule is CC.CC.c1ccc(N(CC2CCC2)C2Cc3ccccc3C2)cc1. The van der Waals surface area contributed by atoms with Crippen molar-refractivity contribution >= 4 is 5.69 Å². The Labute approximate surface area is 155 Å². The quantitative estimate of drug-likeness (QED) is 0.614. The fraction of sp³-hybridized carbons (Fsp3) is 0.500. The van der Waals surface area contributed by atoms with Crippen LogP contribution in [0.25, 0.3) is 0 Å². The molecule has 0 saturated heterocycles. The van der Waals surface area contributed by atoms with Crippen molar-refractivity contribution < 1.29 is 0 Å². The first-order valence-corrected chi connectivity index (χ1v) is 10.3. The molecule has 0 amide bonds. The van der Waals surface area contributed by atoms with Crippen LogP contribution in [0, 0.1) is 5.92 Å². The molecule has 0 N–H and O–H groups in total. The van der Waals surface area contributed by atoms with Gasteiger partial charge < -0.3 is 4.90 Å². The number of hydrogen-bond donors (Lipinski definition) is 0. The van der Waals surface area contributed by atoms with Gasteiger partial charge in [0, 0.05) is 18.3 Å². The van der Waals surface area contributed by atoms with Crippen LogP contribution in [-0.2, 0) is 12.8 Å². The lowest BCUT2D eigenvalue weighted by molar-refractivity contribution is 0.310. The van der Waals surface area contributed by atoms with Gasteiger partial charge in [-0.15, -0.1) is 0 Å². The second kappa shape index (κ2) is 10.3. The number of fused-ring (bicyclic) bond motifs is 1. The van der Waals surface area contributed by atoms with Crippen molar-refractivity contribution in [3.8, 4) is 0 Å². The van der Waals surface area contributed by atoms with Gasteiger partial charge in [0.05, 0.1) is 0 Å². The molecular formula is C24H35N. The Morgan fingerprint density at radius 1 is 0.760 bits per heavy atom. The molecule has 136 valence electrons. The molecule has 25 heavy (non-hydrogen) atoms. The number of nitrogens with zero attached hydrogens (tertiary/aromatic N) is 1. The van der Waals surface area contributed by atoms with Crippen LogP contribution in [0.2, 0.25) is 0 Å². The maximum atomic E-state index is 2.68. The Kier molecular flexibility index (Phi) is 8.04. The third-order valence-corrected chi connectivity index (χ3v) is 5.24. The molecule has 1 fully saturated rings. The van der Waals surface area contributed by atoms with Gasteiger partial charge in [0.25, 0.3) is 0 Å². The summed E-state index contributed by atoms with van der Waals surface area (Å²) in [5.74, 6) is 0.911. The highest BCUT2D eigenvalue weighted by Gasteiger charge is 2.30. The van der Waals surface area contributed by atoms with E-state index in [-0.39, 0.29) is 0 Å². The molecule has 2 aromatic rings. The van der Waals surface area contributed by atoms with Crippen LogP contribution in [0.1, 0.15) is 58.1 Å². The monoisotopic (exact) mass is 337 g/mol. The Bertz CT molecular complexity index is 576. The van der Waals surface area contributed by atoms with Crippen LogP contribution in [0.4, 0.5) is 5.69 Å². The van der Waals surface area contributed by atoms with Crippen LogP contribution in [0.3, 0.4) is 0 Å². The van der Waals surface area contributed by atoms with Gasteiger partial charge in [-0.1, -0.05) is 76.6 Å². The van der Waals surface area contributed by atoms with E-state index in [1.165, 1.54) is 44.3 Å². The predicted molar refractivity (Wildman–Crippen MR) is 111 cm³/mol. The molecule has 0 aliphatic heterocycles. The number of rotatable bonds is 4. The summed E-state index contributed by atoms with van der Waals surface area (Å²) in [5, 5.41) is 0. The summed E-state index contributed by atoms with van der Waals surface area (Å²) in [5.41, 5.74) is 4.51. The minimum atomic E-state index is 0.644. The zero-order valence-electron chi connectivity index (χ0n) is 16.5. The summed E-state index contributed by atoms with van der Waals surface area (Å²) < 4.78 is 0. The van der Waals surface area contributed by atoms with E-state index in [1.54, 1.807) is 11.1 Å². The van der Waals surface area contributed by atoms with Gasteiger partial charge in [-0.05, 0) is 54.9 Å². The predicted octanol–water partition coefficient (Wildman–Crippen LogP) is 6.51. The lowest BCUT2D eigenvalue weighted by atomic mass is 9.84. The van der Waals surface area contributed by atoms with Gasteiger partial charge in [-0.25, -0.2) is 0 Å². The first kappa shape index (κ1) is 19.6. The van der Waals surface area contributed by atoms with Gasteiger partial charge in [0.1, 0.15) is 0 Å². The van der Waals surface area contributed by atoms with Crippen LogP contribution < -0.4 is 4.90 Å². The van der Waals surface area contributed by atoms with E-state index in [1.807, 2.05) is 27.7 Å². The number of anilines is 1. The van der Waals surface area contributed by atoms with Crippen LogP contribution in [0.5, 0.6) is 0 Å². The Morgan fingerprint density at radius 2 is 1.28 bits per heavy atom. The Balaban J connectivity index is 0.000000528. The van der Waals surface area contributed by atoms with E-state index in [9.17, 15) is 0 Å². The number of benzene rings is 2. The Hall–Kier alpha value is -1.76. The molecule has 0 aromatic heterocycles. The first-order valence-electron chi connectivity index (χ1n) is 10.3. The van der Waals surface area contributed by atoms with E-state index in [2.05, 4.69) is 59.5 Å². The molecule has 1 heteroatoms. The summed E-state index contributed by atoms with van der Waals surface area (Å²) in [7, 11) is 0. The molecule has 0 atom stereocenters. The second-order valence-corrected chi connectivity index (χ2v) is 6.62. The average Bonchev–Trinajstić information content (AvgIpc) is 3.08. The molecule has 4 rings (SSSR count). The van der Waals surface area contributed by atoms with Crippen molar-refractivity contribution in [1.82, 2.24) is 0 Å². The smallest absolute Gasteiger partial charge is 0.0370 e. The molecule has 2 aliphatic carbocycles. The van der Waals surface area contributed by atoms with Crippen molar-refractivity contribution in [1.29, 1.82) is 0 Å². The summed E-state index contributed by atoms with van der Waals surface area (Å²) in [4.78, 5) is 2.68. The fourth-order valence-electron chi connectivity index (χ4n) is 3.79.